The molecule has 1 unspecified atom stereocenters. The molecule has 0 aliphatic carbocycles. The summed E-state index contributed by atoms with van der Waals surface area (Å²) in [7, 11) is -4.07. The Hall–Kier alpha value is -1.56. The summed E-state index contributed by atoms with van der Waals surface area (Å²) in [4.78, 5) is 3.56. The average Bonchev–Trinajstić information content (AvgIpc) is 2.39. The van der Waals surface area contributed by atoms with Crippen molar-refractivity contribution < 1.29 is 12.8 Å². The van der Waals surface area contributed by atoms with Crippen LogP contribution in [0.15, 0.2) is 23.4 Å². The first kappa shape index (κ1) is 12.9. The second kappa shape index (κ2) is 4.97. The number of hydrogen-bond donors (Lipinski definition) is 1. The zero-order valence-corrected chi connectivity index (χ0v) is 10.2. The third-order valence-corrected chi connectivity index (χ3v) is 4.46. The molecule has 6 nitrogen and oxygen atoms in total. The van der Waals surface area contributed by atoms with Gasteiger partial charge in [0, 0.05) is 25.8 Å². The Labute approximate surface area is 104 Å². The smallest absolute Gasteiger partial charge is 0.264 e. The Morgan fingerprint density at radius 3 is 3.06 bits per heavy atom. The molecular weight excluding hydrogens is 259 g/mol. The van der Waals surface area contributed by atoms with Crippen LogP contribution in [-0.4, -0.2) is 43.4 Å². The number of aromatic nitrogens is 1. The highest BCUT2D eigenvalue weighted by atomic mass is 32.2. The van der Waals surface area contributed by atoms with Gasteiger partial charge in [0.05, 0.1) is 6.07 Å². The fraction of sp³-hybridized carbons (Fsp3) is 0.400. The molecular formula is C10H11FN4O2S. The summed E-state index contributed by atoms with van der Waals surface area (Å²) in [6.07, 6.45) is 1.21. The molecule has 8 heteroatoms. The molecule has 1 aliphatic rings. The standard InChI is InChI=1S/C10H11FN4O2S/c11-9-2-1-3-14-10(9)18(16,17)15-5-4-13-7-8(15)6-12/h1-3,8,13H,4-5,7H2. The van der Waals surface area contributed by atoms with E-state index in [4.69, 9.17) is 5.26 Å². The van der Waals surface area contributed by atoms with Gasteiger partial charge in [-0.3, -0.25) is 0 Å². The van der Waals surface area contributed by atoms with E-state index in [0.29, 0.717) is 6.54 Å². The van der Waals surface area contributed by atoms with Crippen LogP contribution in [0.1, 0.15) is 0 Å². The maximum atomic E-state index is 13.5. The van der Waals surface area contributed by atoms with E-state index in [9.17, 15) is 12.8 Å². The lowest BCUT2D eigenvalue weighted by Gasteiger charge is -2.30. The summed E-state index contributed by atoms with van der Waals surface area (Å²) in [5.74, 6) is -0.910. The molecule has 1 aliphatic heterocycles. The van der Waals surface area contributed by atoms with Crippen molar-refractivity contribution in [2.24, 2.45) is 0 Å². The van der Waals surface area contributed by atoms with Crippen molar-refractivity contribution in [3.63, 3.8) is 0 Å². The van der Waals surface area contributed by atoms with Gasteiger partial charge in [-0.15, -0.1) is 0 Å². The predicted molar refractivity (Wildman–Crippen MR) is 60.4 cm³/mol. The van der Waals surface area contributed by atoms with Gasteiger partial charge in [0.15, 0.2) is 5.82 Å². The lowest BCUT2D eigenvalue weighted by molar-refractivity contribution is 0.309. The normalized spacial score (nSPS) is 21.4. The van der Waals surface area contributed by atoms with Crippen LogP contribution in [0.4, 0.5) is 4.39 Å². The topological polar surface area (TPSA) is 86.1 Å². The van der Waals surface area contributed by atoms with E-state index in [0.717, 1.165) is 10.4 Å². The quantitative estimate of drug-likeness (QED) is 0.798. The van der Waals surface area contributed by atoms with Crippen molar-refractivity contribution >= 4 is 10.0 Å². The van der Waals surface area contributed by atoms with Gasteiger partial charge in [-0.25, -0.2) is 17.8 Å². The fourth-order valence-corrected chi connectivity index (χ4v) is 3.27. The Morgan fingerprint density at radius 2 is 2.39 bits per heavy atom. The first-order valence-corrected chi connectivity index (χ1v) is 6.74. The number of nitrogens with one attached hydrogen (secondary N) is 1. The van der Waals surface area contributed by atoms with Crippen LogP contribution in [0.25, 0.3) is 0 Å². The molecule has 0 bridgehead atoms. The number of piperazine rings is 1. The molecule has 2 rings (SSSR count). The van der Waals surface area contributed by atoms with Crippen molar-refractivity contribution in [3.05, 3.63) is 24.1 Å². The zero-order valence-electron chi connectivity index (χ0n) is 9.38. The lowest BCUT2D eigenvalue weighted by Crippen LogP contribution is -2.53. The minimum Gasteiger partial charge on any atom is -0.313 e. The molecule has 0 saturated carbocycles. The minimum absolute atomic E-state index is 0.122. The molecule has 0 amide bonds. The van der Waals surface area contributed by atoms with E-state index in [1.807, 2.05) is 6.07 Å². The fourth-order valence-electron chi connectivity index (χ4n) is 1.76. The van der Waals surface area contributed by atoms with Gasteiger partial charge in [0.1, 0.15) is 6.04 Å². The van der Waals surface area contributed by atoms with E-state index in [1.54, 1.807) is 0 Å². The van der Waals surface area contributed by atoms with Crippen LogP contribution < -0.4 is 5.32 Å². The van der Waals surface area contributed by atoms with E-state index in [1.165, 1.54) is 12.3 Å². The number of sulfonamides is 1. The summed E-state index contributed by atoms with van der Waals surface area (Å²) in [6, 6.07) is 3.39. The highest BCUT2D eigenvalue weighted by Gasteiger charge is 2.36. The molecule has 18 heavy (non-hydrogen) atoms. The number of halogens is 1. The summed E-state index contributed by atoms with van der Waals surface area (Å²) in [6.45, 7) is 0.770. The monoisotopic (exact) mass is 270 g/mol. The molecule has 1 fully saturated rings. The maximum Gasteiger partial charge on any atom is 0.264 e. The summed E-state index contributed by atoms with van der Waals surface area (Å²) in [5, 5.41) is 11.2. The molecule has 1 saturated heterocycles. The van der Waals surface area contributed by atoms with E-state index in [-0.39, 0.29) is 13.1 Å². The summed E-state index contributed by atoms with van der Waals surface area (Å²) >= 11 is 0. The molecule has 0 aromatic carbocycles. The molecule has 1 N–H and O–H groups in total. The molecule has 96 valence electrons. The van der Waals surface area contributed by atoms with E-state index in [2.05, 4.69) is 10.3 Å². The highest BCUT2D eigenvalue weighted by molar-refractivity contribution is 7.89. The van der Waals surface area contributed by atoms with Gasteiger partial charge in [-0.05, 0) is 12.1 Å². The van der Waals surface area contributed by atoms with Crippen molar-refractivity contribution in [1.82, 2.24) is 14.6 Å². The number of pyridine rings is 1. The largest absolute Gasteiger partial charge is 0.313 e. The van der Waals surface area contributed by atoms with Gasteiger partial charge in [-0.1, -0.05) is 0 Å². The number of rotatable bonds is 2. The molecule has 0 spiro atoms. The van der Waals surface area contributed by atoms with E-state index < -0.39 is 26.9 Å². The second-order valence-electron chi connectivity index (χ2n) is 3.76. The molecule has 1 aromatic heterocycles. The van der Waals surface area contributed by atoms with Crippen LogP contribution >= 0.6 is 0 Å². The van der Waals surface area contributed by atoms with Crippen molar-refractivity contribution in [2.45, 2.75) is 11.1 Å². The molecule has 1 aromatic rings. The van der Waals surface area contributed by atoms with Crippen molar-refractivity contribution in [2.75, 3.05) is 19.6 Å². The maximum absolute atomic E-state index is 13.5. The van der Waals surface area contributed by atoms with Gasteiger partial charge < -0.3 is 5.32 Å². The average molecular weight is 270 g/mol. The zero-order chi connectivity index (χ0) is 13.2. The molecule has 2 heterocycles. The number of nitriles is 1. The van der Waals surface area contributed by atoms with Crippen LogP contribution in [0.5, 0.6) is 0 Å². The van der Waals surface area contributed by atoms with Crippen molar-refractivity contribution in [3.8, 4) is 6.07 Å². The third kappa shape index (κ3) is 2.20. The van der Waals surface area contributed by atoms with Gasteiger partial charge in [0.2, 0.25) is 5.03 Å². The van der Waals surface area contributed by atoms with Crippen LogP contribution in [0.3, 0.4) is 0 Å². The Bertz CT molecular complexity index is 584. The Morgan fingerprint density at radius 1 is 1.61 bits per heavy atom. The lowest BCUT2D eigenvalue weighted by atomic mass is 10.3. The minimum atomic E-state index is -4.07. The van der Waals surface area contributed by atoms with Gasteiger partial charge >= 0.3 is 0 Å². The number of hydrogen-bond acceptors (Lipinski definition) is 5. The van der Waals surface area contributed by atoms with E-state index >= 15 is 0 Å². The predicted octanol–water partition coefficient (Wildman–Crippen LogP) is -0.293. The summed E-state index contributed by atoms with van der Waals surface area (Å²) < 4.78 is 38.9. The highest BCUT2D eigenvalue weighted by Crippen LogP contribution is 2.19. The van der Waals surface area contributed by atoms with Crippen LogP contribution in [0.2, 0.25) is 0 Å². The van der Waals surface area contributed by atoms with Crippen molar-refractivity contribution in [1.29, 1.82) is 5.26 Å². The second-order valence-corrected chi connectivity index (χ2v) is 5.56. The first-order valence-electron chi connectivity index (χ1n) is 5.30. The summed E-state index contributed by atoms with van der Waals surface area (Å²) in [5.41, 5.74) is 0. The van der Waals surface area contributed by atoms with Crippen LogP contribution in [-0.2, 0) is 10.0 Å². The molecule has 1 atom stereocenters. The SMILES string of the molecule is N#CC1CNCCN1S(=O)(=O)c1ncccc1F. The van der Waals surface area contributed by atoms with Crippen LogP contribution in [0, 0.1) is 17.1 Å². The molecule has 0 radical (unpaired) electrons. The Kier molecular flexibility index (Phi) is 3.56. The Balaban J connectivity index is 2.43. The van der Waals surface area contributed by atoms with Gasteiger partial charge in [-0.2, -0.15) is 9.57 Å². The first-order chi connectivity index (χ1) is 8.57. The number of nitrogens with zero attached hydrogens (tertiary/aromatic N) is 3. The third-order valence-electron chi connectivity index (χ3n) is 2.62. The van der Waals surface area contributed by atoms with Gasteiger partial charge in [0.25, 0.3) is 10.0 Å².